The summed E-state index contributed by atoms with van der Waals surface area (Å²) in [6.07, 6.45) is 4.30. The Bertz CT molecular complexity index is 1250. The summed E-state index contributed by atoms with van der Waals surface area (Å²) in [5.74, 6) is -2.69. The third-order valence-corrected chi connectivity index (χ3v) is 7.30. The van der Waals surface area contributed by atoms with E-state index in [9.17, 15) is 24.7 Å². The predicted molar refractivity (Wildman–Crippen MR) is 122 cm³/mol. The average molecular weight is 509 g/mol. The molecule has 11 nitrogen and oxygen atoms in total. The van der Waals surface area contributed by atoms with Crippen molar-refractivity contribution in [2.45, 2.75) is 31.8 Å². The number of allylic oxidation sites excluding steroid dienone is 2. The van der Waals surface area contributed by atoms with E-state index in [0.29, 0.717) is 18.4 Å². The molecule has 0 aromatic carbocycles. The highest BCUT2D eigenvalue weighted by molar-refractivity contribution is 7.19. The number of aromatic nitrogens is 2. The van der Waals surface area contributed by atoms with E-state index in [1.807, 2.05) is 6.92 Å². The minimum absolute atomic E-state index is 0.0541. The van der Waals surface area contributed by atoms with E-state index in [4.69, 9.17) is 17.3 Å². The second-order valence-electron chi connectivity index (χ2n) is 7.20. The third kappa shape index (κ3) is 4.10. The summed E-state index contributed by atoms with van der Waals surface area (Å²) in [4.78, 5) is 47.5. The zero-order valence-electron chi connectivity index (χ0n) is 17.0. The monoisotopic (exact) mass is 508 g/mol. The quantitative estimate of drug-likeness (QED) is 0.198. The van der Waals surface area contributed by atoms with E-state index in [1.54, 1.807) is 17.7 Å². The van der Waals surface area contributed by atoms with Crippen molar-refractivity contribution >= 4 is 69.0 Å². The Morgan fingerprint density at radius 3 is 2.76 bits per heavy atom. The highest BCUT2D eigenvalue weighted by Crippen LogP contribution is 2.37. The van der Waals surface area contributed by atoms with Gasteiger partial charge in [-0.1, -0.05) is 34.2 Å². The van der Waals surface area contributed by atoms with Gasteiger partial charge >= 0.3 is 5.97 Å². The van der Waals surface area contributed by atoms with Gasteiger partial charge in [-0.25, -0.2) is 14.8 Å². The number of carbonyl (C=O) groups excluding carboxylic acids is 2. The van der Waals surface area contributed by atoms with E-state index in [1.165, 1.54) is 16.2 Å². The first-order valence-corrected chi connectivity index (χ1v) is 11.6. The molecule has 2 amide bonds. The molecular formula is C19H17ClN6O5S2. The van der Waals surface area contributed by atoms with Gasteiger partial charge in [-0.2, -0.15) is 0 Å². The van der Waals surface area contributed by atoms with E-state index >= 15 is 0 Å². The van der Waals surface area contributed by atoms with Crippen LogP contribution in [0, 0.1) is 6.92 Å². The number of carboxylic acid groups (broad SMARTS) is 1. The number of aliphatic carboxylic acids is 1. The van der Waals surface area contributed by atoms with E-state index < -0.39 is 35.6 Å². The van der Waals surface area contributed by atoms with Crippen LogP contribution in [0.2, 0.25) is 4.34 Å². The molecule has 2 atom stereocenters. The highest BCUT2D eigenvalue weighted by Gasteiger charge is 2.53. The maximum Gasteiger partial charge on any atom is 0.352 e. The molecule has 33 heavy (non-hydrogen) atoms. The number of aryl methyl sites for hydroxylation is 1. The van der Waals surface area contributed by atoms with Gasteiger partial charge in [0.15, 0.2) is 10.8 Å². The predicted octanol–water partition coefficient (Wildman–Crippen LogP) is 1.86. The van der Waals surface area contributed by atoms with Crippen molar-refractivity contribution in [3.05, 3.63) is 43.5 Å². The lowest BCUT2D eigenvalue weighted by Gasteiger charge is -2.50. The summed E-state index contributed by atoms with van der Waals surface area (Å²) in [6.45, 7) is 1.85. The number of amides is 2. The smallest absolute Gasteiger partial charge is 0.352 e. The van der Waals surface area contributed by atoms with Crippen molar-refractivity contribution in [1.29, 1.82) is 0 Å². The van der Waals surface area contributed by atoms with Gasteiger partial charge in [0.25, 0.3) is 11.8 Å². The third-order valence-electron chi connectivity index (χ3n) is 5.32. The number of carbonyl (C=O) groups is 3. The van der Waals surface area contributed by atoms with Crippen LogP contribution < -0.4 is 11.1 Å². The first-order valence-electron chi connectivity index (χ1n) is 9.55. The summed E-state index contributed by atoms with van der Waals surface area (Å²) in [6, 6.07) is -1.53. The van der Waals surface area contributed by atoms with Crippen LogP contribution in [0.25, 0.3) is 6.08 Å². The average Bonchev–Trinajstić information content (AvgIpc) is 3.33. The molecule has 172 valence electrons. The number of nitrogens with one attached hydrogen (secondary N) is 1. The molecule has 0 aliphatic carbocycles. The number of hydrogen-bond donors (Lipinski definition) is 4. The fraction of sp³-hybridized carbons (Fsp3) is 0.263. The number of hydrogen-bond acceptors (Lipinski definition) is 10. The lowest BCUT2D eigenvalue weighted by molar-refractivity contribution is -0.155. The number of nitrogens with two attached hydrogens (primary N) is 1. The Morgan fingerprint density at radius 2 is 2.18 bits per heavy atom. The van der Waals surface area contributed by atoms with Crippen LogP contribution in [0.15, 0.2) is 28.0 Å². The number of halogens is 1. The fourth-order valence-corrected chi connectivity index (χ4v) is 5.40. The molecule has 14 heteroatoms. The van der Waals surface area contributed by atoms with Crippen LogP contribution in [-0.4, -0.2) is 60.8 Å². The molecule has 0 unspecified atom stereocenters. The van der Waals surface area contributed by atoms with Gasteiger partial charge in [-0.05, 0) is 31.4 Å². The Labute approximate surface area is 199 Å². The number of carboxylic acids is 1. The zero-order valence-corrected chi connectivity index (χ0v) is 19.4. The van der Waals surface area contributed by atoms with Crippen LogP contribution in [0.5, 0.6) is 0 Å². The van der Waals surface area contributed by atoms with Crippen molar-refractivity contribution in [3.8, 4) is 0 Å². The molecule has 2 aliphatic rings. The Kier molecular flexibility index (Phi) is 6.19. The molecule has 1 fully saturated rings. The summed E-state index contributed by atoms with van der Waals surface area (Å²) in [7, 11) is 0. The molecule has 2 aliphatic heterocycles. The molecule has 0 saturated carbocycles. The van der Waals surface area contributed by atoms with Gasteiger partial charge in [-0.15, -0.1) is 11.3 Å². The van der Waals surface area contributed by atoms with Gasteiger partial charge < -0.3 is 21.4 Å². The number of nitrogens with zero attached hydrogens (tertiary/aromatic N) is 4. The van der Waals surface area contributed by atoms with Crippen LogP contribution >= 0.6 is 34.3 Å². The standard InChI is InChI=1S/C19H17ClN6O5S2/c1-7-10(32-6-22-7)5-3-8-2-4-9-11(17(28)26(9)14(8)18(29)30)23-16(27)13(25-31)12-15(20)33-19(21)24-12/h3,5-6,9,11,31H,2,4H2,1H3,(H2,21,24)(H,23,27)(H,29,30)/t9-,11+/m1/s1. The largest absolute Gasteiger partial charge is 0.477 e. The molecule has 1 saturated heterocycles. The van der Waals surface area contributed by atoms with Crippen LogP contribution in [0.4, 0.5) is 5.13 Å². The summed E-state index contributed by atoms with van der Waals surface area (Å²) >= 11 is 8.31. The summed E-state index contributed by atoms with van der Waals surface area (Å²) < 4.78 is 0.0541. The molecule has 5 N–H and O–H groups in total. The molecule has 0 bridgehead atoms. The SMILES string of the molecule is Cc1ncsc1C=CC1=C(C(=O)O)N2C(=O)[C@@H](NC(=O)C(=NO)c3nc(N)sc3Cl)[C@H]2CC1. The Balaban J connectivity index is 1.54. The highest BCUT2D eigenvalue weighted by atomic mass is 35.5. The van der Waals surface area contributed by atoms with Gasteiger partial charge in [-0.3, -0.25) is 14.5 Å². The van der Waals surface area contributed by atoms with Crippen LogP contribution in [0.3, 0.4) is 0 Å². The molecule has 0 radical (unpaired) electrons. The first-order chi connectivity index (χ1) is 15.7. The van der Waals surface area contributed by atoms with Crippen molar-refractivity contribution in [1.82, 2.24) is 20.2 Å². The van der Waals surface area contributed by atoms with Crippen LogP contribution in [0.1, 0.15) is 29.1 Å². The number of β-lactam (4-membered cyclic amide) rings is 1. The normalized spacial score (nSPS) is 20.7. The number of nitrogen functional groups attached to an aromatic ring is 1. The van der Waals surface area contributed by atoms with Crippen LogP contribution in [-0.2, 0) is 14.4 Å². The minimum atomic E-state index is -1.24. The van der Waals surface area contributed by atoms with E-state index in [2.05, 4.69) is 20.4 Å². The van der Waals surface area contributed by atoms with Gasteiger partial charge in [0.2, 0.25) is 0 Å². The maximum atomic E-state index is 12.8. The molecule has 2 aromatic rings. The summed E-state index contributed by atoms with van der Waals surface area (Å²) in [5.41, 5.74) is 7.88. The number of thiazole rings is 2. The second kappa shape index (κ2) is 8.92. The Morgan fingerprint density at radius 1 is 1.42 bits per heavy atom. The van der Waals surface area contributed by atoms with Gasteiger partial charge in [0.1, 0.15) is 21.8 Å². The van der Waals surface area contributed by atoms with Gasteiger partial charge in [0.05, 0.1) is 17.2 Å². The molecule has 4 heterocycles. The summed E-state index contributed by atoms with van der Waals surface area (Å²) in [5, 5.41) is 24.6. The zero-order chi connectivity index (χ0) is 23.9. The maximum absolute atomic E-state index is 12.8. The van der Waals surface area contributed by atoms with E-state index in [-0.39, 0.29) is 20.9 Å². The second-order valence-corrected chi connectivity index (χ2v) is 9.72. The number of oxime groups is 1. The number of anilines is 1. The topological polar surface area (TPSA) is 171 Å². The van der Waals surface area contributed by atoms with Crippen molar-refractivity contribution in [3.63, 3.8) is 0 Å². The molecule has 0 spiro atoms. The van der Waals surface area contributed by atoms with Crippen molar-refractivity contribution in [2.24, 2.45) is 5.16 Å². The van der Waals surface area contributed by atoms with Crippen molar-refractivity contribution in [2.75, 3.05) is 5.73 Å². The lowest BCUT2D eigenvalue weighted by Crippen LogP contribution is -2.72. The minimum Gasteiger partial charge on any atom is -0.477 e. The lowest BCUT2D eigenvalue weighted by atomic mass is 9.83. The van der Waals surface area contributed by atoms with E-state index in [0.717, 1.165) is 21.9 Å². The van der Waals surface area contributed by atoms with Gasteiger partial charge in [0, 0.05) is 4.88 Å². The molecule has 2 aromatic heterocycles. The van der Waals surface area contributed by atoms with Crippen molar-refractivity contribution < 1.29 is 24.7 Å². The molecule has 4 rings (SSSR count). The number of fused-ring (bicyclic) bond motifs is 1. The Hall–Kier alpha value is -3.29. The number of rotatable bonds is 6. The fourth-order valence-electron chi connectivity index (χ4n) is 3.77. The first kappa shape index (κ1) is 22.9. The molecular weight excluding hydrogens is 492 g/mol.